The quantitative estimate of drug-likeness (QED) is 0.314. The van der Waals surface area contributed by atoms with E-state index in [4.69, 9.17) is 16.3 Å². The molecule has 20 heavy (non-hydrogen) atoms. The van der Waals surface area contributed by atoms with Crippen molar-refractivity contribution in [1.29, 1.82) is 0 Å². The van der Waals surface area contributed by atoms with Crippen molar-refractivity contribution in [3.05, 3.63) is 34.9 Å². The van der Waals surface area contributed by atoms with E-state index in [0.717, 1.165) is 42.7 Å². The first kappa shape index (κ1) is 19.5. The van der Waals surface area contributed by atoms with E-state index < -0.39 is 0 Å². The number of rotatable bonds is 7. The summed E-state index contributed by atoms with van der Waals surface area (Å²) in [5.74, 6) is 0.788. The lowest BCUT2D eigenvalue weighted by atomic mass is 10.2. The predicted molar refractivity (Wildman–Crippen MR) is 96.2 cm³/mol. The molecular weight excluding hydrogens is 389 g/mol. The van der Waals surface area contributed by atoms with Crippen LogP contribution in [0.2, 0.25) is 5.02 Å². The van der Waals surface area contributed by atoms with Crippen molar-refractivity contribution in [2.75, 3.05) is 26.8 Å². The molecule has 0 bridgehead atoms. The summed E-state index contributed by atoms with van der Waals surface area (Å²) in [4.78, 5) is 4.16. The van der Waals surface area contributed by atoms with Gasteiger partial charge < -0.3 is 15.4 Å². The molecule has 0 spiro atoms. The van der Waals surface area contributed by atoms with Crippen molar-refractivity contribution in [3.63, 3.8) is 0 Å². The van der Waals surface area contributed by atoms with Gasteiger partial charge in [0.25, 0.3) is 0 Å². The van der Waals surface area contributed by atoms with Gasteiger partial charge in [-0.05, 0) is 31.0 Å². The zero-order chi connectivity index (χ0) is 13.9. The largest absolute Gasteiger partial charge is 0.382 e. The number of nitrogens with zero attached hydrogens (tertiary/aromatic N) is 1. The Balaban J connectivity index is 0.00000361. The van der Waals surface area contributed by atoms with E-state index in [9.17, 15) is 0 Å². The van der Waals surface area contributed by atoms with Gasteiger partial charge in [-0.1, -0.05) is 23.7 Å². The minimum Gasteiger partial charge on any atom is -0.382 e. The lowest BCUT2D eigenvalue weighted by Gasteiger charge is -2.12. The molecule has 0 radical (unpaired) electrons. The van der Waals surface area contributed by atoms with Gasteiger partial charge >= 0.3 is 0 Å². The van der Waals surface area contributed by atoms with Crippen LogP contribution in [0.1, 0.15) is 18.9 Å². The van der Waals surface area contributed by atoms with Gasteiger partial charge in [-0.25, -0.2) is 0 Å². The summed E-state index contributed by atoms with van der Waals surface area (Å²) >= 11 is 5.94. The highest BCUT2D eigenvalue weighted by Gasteiger charge is 1.98. The molecule has 1 aromatic rings. The van der Waals surface area contributed by atoms with Crippen LogP contribution >= 0.6 is 35.6 Å². The number of nitrogens with one attached hydrogen (secondary N) is 2. The number of ether oxygens (including phenoxy) is 1. The molecule has 0 aromatic heterocycles. The van der Waals surface area contributed by atoms with Crippen molar-refractivity contribution >= 4 is 41.5 Å². The van der Waals surface area contributed by atoms with Gasteiger partial charge in [0.2, 0.25) is 0 Å². The maximum atomic E-state index is 5.94. The number of hydrogen-bond acceptors (Lipinski definition) is 2. The number of aliphatic imine (C=N–C) groups is 1. The summed E-state index contributed by atoms with van der Waals surface area (Å²) in [7, 11) is 1.76. The summed E-state index contributed by atoms with van der Waals surface area (Å²) in [5.41, 5.74) is 1.13. The average molecular weight is 412 g/mol. The second-order valence-corrected chi connectivity index (χ2v) is 4.47. The number of guanidine groups is 1. The van der Waals surface area contributed by atoms with Crippen molar-refractivity contribution in [3.8, 4) is 0 Å². The van der Waals surface area contributed by atoms with E-state index in [0.29, 0.717) is 6.54 Å². The number of hydrogen-bond donors (Lipinski definition) is 2. The smallest absolute Gasteiger partial charge is 0.191 e. The molecule has 0 saturated heterocycles. The van der Waals surface area contributed by atoms with Crippen molar-refractivity contribution in [2.24, 2.45) is 4.99 Å². The van der Waals surface area contributed by atoms with Crippen LogP contribution < -0.4 is 10.6 Å². The lowest BCUT2D eigenvalue weighted by Crippen LogP contribution is -2.37. The van der Waals surface area contributed by atoms with E-state index in [-0.39, 0.29) is 24.0 Å². The zero-order valence-corrected chi connectivity index (χ0v) is 15.1. The Kier molecular flexibility index (Phi) is 11.9. The topological polar surface area (TPSA) is 45.6 Å². The van der Waals surface area contributed by atoms with Crippen molar-refractivity contribution in [2.45, 2.75) is 19.9 Å². The first-order chi connectivity index (χ1) is 9.26. The Morgan fingerprint density at radius 1 is 1.35 bits per heavy atom. The van der Waals surface area contributed by atoms with Gasteiger partial charge in [0.15, 0.2) is 5.96 Å². The van der Waals surface area contributed by atoms with Crippen molar-refractivity contribution in [1.82, 2.24) is 10.6 Å². The molecule has 0 heterocycles. The average Bonchev–Trinajstić information content (AvgIpc) is 2.42. The number of halogens is 2. The van der Waals surface area contributed by atoms with E-state index in [1.54, 1.807) is 7.05 Å². The van der Waals surface area contributed by atoms with Crippen LogP contribution in [-0.4, -0.2) is 32.8 Å². The summed E-state index contributed by atoms with van der Waals surface area (Å²) in [6.07, 6.45) is 0.964. The molecule has 0 fully saturated rings. The fourth-order valence-electron chi connectivity index (χ4n) is 1.58. The van der Waals surface area contributed by atoms with E-state index in [1.165, 1.54) is 0 Å². The molecule has 2 N–H and O–H groups in total. The van der Waals surface area contributed by atoms with Crippen LogP contribution in [0, 0.1) is 0 Å². The maximum absolute atomic E-state index is 5.94. The zero-order valence-electron chi connectivity index (χ0n) is 12.0. The maximum Gasteiger partial charge on any atom is 0.191 e. The van der Waals surface area contributed by atoms with E-state index in [1.807, 2.05) is 31.2 Å². The third-order valence-electron chi connectivity index (χ3n) is 2.53. The monoisotopic (exact) mass is 411 g/mol. The van der Waals surface area contributed by atoms with E-state index >= 15 is 0 Å². The van der Waals surface area contributed by atoms with Gasteiger partial charge in [-0.3, -0.25) is 4.99 Å². The van der Waals surface area contributed by atoms with Gasteiger partial charge in [0.1, 0.15) is 0 Å². The highest BCUT2D eigenvalue weighted by atomic mass is 127. The molecule has 0 saturated carbocycles. The van der Waals surface area contributed by atoms with Gasteiger partial charge in [-0.2, -0.15) is 0 Å². The minimum atomic E-state index is 0. The fourth-order valence-corrected chi connectivity index (χ4v) is 1.79. The molecule has 0 aliphatic heterocycles. The fraction of sp³-hybridized carbons (Fsp3) is 0.500. The summed E-state index contributed by atoms with van der Waals surface area (Å²) in [6.45, 7) is 5.08. The Bertz CT molecular complexity index is 402. The number of benzene rings is 1. The molecule has 114 valence electrons. The molecule has 1 rings (SSSR count). The van der Waals surface area contributed by atoms with Crippen LogP contribution in [0.25, 0.3) is 0 Å². The van der Waals surface area contributed by atoms with Crippen LogP contribution in [-0.2, 0) is 11.3 Å². The summed E-state index contributed by atoms with van der Waals surface area (Å²) in [5, 5.41) is 7.23. The lowest BCUT2D eigenvalue weighted by molar-refractivity contribution is 0.145. The first-order valence-corrected chi connectivity index (χ1v) is 6.90. The minimum absolute atomic E-state index is 0. The Morgan fingerprint density at radius 2 is 2.15 bits per heavy atom. The van der Waals surface area contributed by atoms with E-state index in [2.05, 4.69) is 15.6 Å². The molecule has 0 unspecified atom stereocenters. The van der Waals surface area contributed by atoms with Gasteiger partial charge in [-0.15, -0.1) is 24.0 Å². The summed E-state index contributed by atoms with van der Waals surface area (Å²) < 4.78 is 5.28. The molecule has 0 amide bonds. The molecular formula is C14H23ClIN3O. The normalized spacial score (nSPS) is 10.8. The highest BCUT2D eigenvalue weighted by molar-refractivity contribution is 14.0. The predicted octanol–water partition coefficient (Wildman–Crippen LogP) is 3.05. The third kappa shape index (κ3) is 8.60. The Morgan fingerprint density at radius 3 is 2.80 bits per heavy atom. The second-order valence-electron chi connectivity index (χ2n) is 4.03. The SMILES string of the molecule is CCOCCCNC(=NC)NCc1cccc(Cl)c1.I. The first-order valence-electron chi connectivity index (χ1n) is 6.53. The molecule has 0 aliphatic carbocycles. The second kappa shape index (κ2) is 12.2. The van der Waals surface area contributed by atoms with Crippen LogP contribution in [0.5, 0.6) is 0 Å². The Hall–Kier alpha value is -0.530. The molecule has 0 aliphatic rings. The van der Waals surface area contributed by atoms with Crippen molar-refractivity contribution < 1.29 is 4.74 Å². The van der Waals surface area contributed by atoms with Gasteiger partial charge in [0.05, 0.1) is 0 Å². The third-order valence-corrected chi connectivity index (χ3v) is 2.77. The molecule has 4 nitrogen and oxygen atoms in total. The highest BCUT2D eigenvalue weighted by Crippen LogP contribution is 2.10. The van der Waals surface area contributed by atoms with Crippen LogP contribution in [0.3, 0.4) is 0 Å². The molecule has 1 aromatic carbocycles. The van der Waals surface area contributed by atoms with Crippen LogP contribution in [0.4, 0.5) is 0 Å². The standard InChI is InChI=1S/C14H22ClN3O.HI/c1-3-19-9-5-8-17-14(16-2)18-11-12-6-4-7-13(15)10-12;/h4,6-7,10H,3,5,8-9,11H2,1-2H3,(H2,16,17,18);1H. The van der Waals surface area contributed by atoms with Crippen LogP contribution in [0.15, 0.2) is 29.3 Å². The molecule has 0 atom stereocenters. The summed E-state index contributed by atoms with van der Waals surface area (Å²) in [6, 6.07) is 7.78. The molecule has 6 heteroatoms. The Labute approximate surface area is 143 Å². The van der Waals surface area contributed by atoms with Gasteiger partial charge in [0, 0.05) is 38.4 Å².